The second kappa shape index (κ2) is 6.99. The van der Waals surface area contributed by atoms with E-state index < -0.39 is 14.9 Å². The number of sulfonamides is 1. The van der Waals surface area contributed by atoms with Crippen LogP contribution in [0.3, 0.4) is 0 Å². The van der Waals surface area contributed by atoms with Crippen LogP contribution < -0.4 is 10.0 Å². The highest BCUT2D eigenvalue weighted by Crippen LogP contribution is 2.31. The Balaban J connectivity index is 2.44. The third kappa shape index (κ3) is 4.01. The smallest absolute Gasteiger partial charge is 0.294 e. The van der Waals surface area contributed by atoms with Gasteiger partial charge in [0.2, 0.25) is 10.0 Å². The van der Waals surface area contributed by atoms with Crippen molar-refractivity contribution < 1.29 is 13.3 Å². The monoisotopic (exact) mass is 353 g/mol. The van der Waals surface area contributed by atoms with Crippen molar-refractivity contribution in [3.05, 3.63) is 52.6 Å². The first-order valence-corrected chi connectivity index (χ1v) is 9.21. The molecule has 0 fully saturated rings. The number of hydrogen-bond acceptors (Lipinski definition) is 6. The van der Waals surface area contributed by atoms with Crippen LogP contribution in [-0.4, -0.2) is 26.6 Å². The lowest BCUT2D eigenvalue weighted by Gasteiger charge is -2.10. The Kier molecular flexibility index (Phi) is 5.24. The molecule has 0 amide bonds. The predicted molar refractivity (Wildman–Crippen MR) is 90.8 cm³/mol. The summed E-state index contributed by atoms with van der Waals surface area (Å²) in [6, 6.07) is 11.1. The van der Waals surface area contributed by atoms with E-state index in [9.17, 15) is 18.5 Å². The third-order valence-corrected chi connectivity index (χ3v) is 5.23. The molecule has 2 rings (SSSR count). The molecule has 2 N–H and O–H groups in total. The van der Waals surface area contributed by atoms with Crippen LogP contribution in [-0.2, 0) is 10.0 Å². The molecule has 0 heterocycles. The summed E-state index contributed by atoms with van der Waals surface area (Å²) >= 11 is 1.55. The largest absolute Gasteiger partial charge is 0.350 e. The Hall–Kier alpha value is -2.10. The summed E-state index contributed by atoms with van der Waals surface area (Å²) < 4.78 is 25.7. The van der Waals surface area contributed by atoms with E-state index in [1.807, 2.05) is 24.5 Å². The second-order valence-electron chi connectivity index (χ2n) is 4.50. The molecular weight excluding hydrogens is 338 g/mol. The summed E-state index contributed by atoms with van der Waals surface area (Å²) in [5, 5.41) is 14.2. The van der Waals surface area contributed by atoms with Crippen molar-refractivity contribution in [1.29, 1.82) is 0 Å². The number of benzene rings is 2. The first-order valence-electron chi connectivity index (χ1n) is 6.50. The van der Waals surface area contributed by atoms with Crippen LogP contribution in [0.1, 0.15) is 0 Å². The van der Waals surface area contributed by atoms with Gasteiger partial charge in [0.05, 0.1) is 9.82 Å². The van der Waals surface area contributed by atoms with Crippen molar-refractivity contribution in [3.63, 3.8) is 0 Å². The van der Waals surface area contributed by atoms with E-state index in [-0.39, 0.29) is 16.3 Å². The van der Waals surface area contributed by atoms with Crippen molar-refractivity contribution in [2.24, 2.45) is 0 Å². The van der Waals surface area contributed by atoms with E-state index in [1.54, 1.807) is 17.8 Å². The van der Waals surface area contributed by atoms with Gasteiger partial charge in [-0.25, -0.2) is 13.1 Å². The van der Waals surface area contributed by atoms with Gasteiger partial charge in [0.25, 0.3) is 5.69 Å². The second-order valence-corrected chi connectivity index (χ2v) is 7.27. The maximum absolute atomic E-state index is 11.8. The minimum Gasteiger partial charge on any atom is -0.350 e. The van der Waals surface area contributed by atoms with E-state index in [2.05, 4.69) is 10.0 Å². The number of nitrogens with one attached hydrogen (secondary N) is 2. The van der Waals surface area contributed by atoms with Crippen LogP contribution in [0.2, 0.25) is 0 Å². The summed E-state index contributed by atoms with van der Waals surface area (Å²) in [5.41, 5.74) is 0.600. The Morgan fingerprint density at radius 2 is 1.91 bits per heavy atom. The molecule has 0 atom stereocenters. The van der Waals surface area contributed by atoms with Gasteiger partial charge >= 0.3 is 0 Å². The summed E-state index contributed by atoms with van der Waals surface area (Å²) in [6.45, 7) is 0. The van der Waals surface area contributed by atoms with Gasteiger partial charge in [0.1, 0.15) is 5.69 Å². The number of nitro benzene ring substituents is 1. The minimum absolute atomic E-state index is 0.157. The predicted octanol–water partition coefficient (Wildman–Crippen LogP) is 2.97. The van der Waals surface area contributed by atoms with Crippen molar-refractivity contribution in [3.8, 4) is 0 Å². The number of rotatable bonds is 6. The van der Waals surface area contributed by atoms with E-state index in [0.29, 0.717) is 5.69 Å². The lowest BCUT2D eigenvalue weighted by Crippen LogP contribution is -2.18. The van der Waals surface area contributed by atoms with E-state index in [4.69, 9.17) is 0 Å². The molecule has 0 saturated carbocycles. The first-order chi connectivity index (χ1) is 10.9. The van der Waals surface area contributed by atoms with Gasteiger partial charge in [-0.1, -0.05) is 6.07 Å². The van der Waals surface area contributed by atoms with Gasteiger partial charge in [0.15, 0.2) is 0 Å². The average Bonchev–Trinajstić information content (AvgIpc) is 2.55. The Labute approximate surface area is 138 Å². The van der Waals surface area contributed by atoms with Gasteiger partial charge in [-0.15, -0.1) is 11.8 Å². The Morgan fingerprint density at radius 1 is 1.17 bits per heavy atom. The van der Waals surface area contributed by atoms with E-state index in [0.717, 1.165) is 11.0 Å². The molecule has 0 aromatic heterocycles. The van der Waals surface area contributed by atoms with E-state index >= 15 is 0 Å². The molecule has 0 aliphatic heterocycles. The van der Waals surface area contributed by atoms with Crippen LogP contribution >= 0.6 is 11.8 Å². The molecular formula is C14H15N3O4S2. The summed E-state index contributed by atoms with van der Waals surface area (Å²) in [7, 11) is -2.49. The minimum atomic E-state index is -3.74. The van der Waals surface area contributed by atoms with Gasteiger partial charge in [-0.3, -0.25) is 10.1 Å². The van der Waals surface area contributed by atoms with Crippen molar-refractivity contribution in [2.75, 3.05) is 18.6 Å². The summed E-state index contributed by atoms with van der Waals surface area (Å²) in [6.07, 6.45) is 1.93. The summed E-state index contributed by atoms with van der Waals surface area (Å²) in [4.78, 5) is 11.5. The highest BCUT2D eigenvalue weighted by molar-refractivity contribution is 7.98. The highest BCUT2D eigenvalue weighted by atomic mass is 32.2. The maximum atomic E-state index is 11.8. The molecule has 0 saturated heterocycles. The maximum Gasteiger partial charge on any atom is 0.294 e. The van der Waals surface area contributed by atoms with Gasteiger partial charge in [0, 0.05) is 16.6 Å². The zero-order valence-electron chi connectivity index (χ0n) is 12.4. The molecule has 23 heavy (non-hydrogen) atoms. The van der Waals surface area contributed by atoms with E-state index in [1.165, 1.54) is 19.2 Å². The topological polar surface area (TPSA) is 101 Å². The number of anilines is 2. The zero-order chi connectivity index (χ0) is 17.0. The number of nitrogens with zero attached hydrogens (tertiary/aromatic N) is 1. The molecule has 0 radical (unpaired) electrons. The lowest BCUT2D eigenvalue weighted by atomic mass is 10.2. The normalized spacial score (nSPS) is 11.2. The summed E-state index contributed by atoms with van der Waals surface area (Å²) in [5.74, 6) is 0. The average molecular weight is 353 g/mol. The van der Waals surface area contributed by atoms with Crippen LogP contribution in [0.25, 0.3) is 0 Å². The van der Waals surface area contributed by atoms with Crippen LogP contribution in [0.15, 0.2) is 52.3 Å². The van der Waals surface area contributed by atoms with Crippen molar-refractivity contribution >= 4 is 38.8 Å². The third-order valence-electron chi connectivity index (χ3n) is 3.09. The highest BCUT2D eigenvalue weighted by Gasteiger charge is 2.20. The molecule has 0 bridgehead atoms. The SMILES string of the molecule is CNS(=O)(=O)c1ccc(Nc2cccc(SC)c2)c([N+](=O)[O-])c1. The Bertz CT molecular complexity index is 838. The molecule has 7 nitrogen and oxygen atoms in total. The van der Waals surface area contributed by atoms with Crippen LogP contribution in [0, 0.1) is 10.1 Å². The number of thioether (sulfide) groups is 1. The molecule has 0 unspecified atom stereocenters. The van der Waals surface area contributed by atoms with Crippen molar-refractivity contribution in [1.82, 2.24) is 4.72 Å². The molecule has 2 aromatic rings. The fourth-order valence-corrected chi connectivity index (χ4v) is 3.12. The first kappa shape index (κ1) is 17.3. The van der Waals surface area contributed by atoms with Gasteiger partial charge in [-0.05, 0) is 43.6 Å². The molecule has 2 aromatic carbocycles. The fraction of sp³-hybridized carbons (Fsp3) is 0.143. The van der Waals surface area contributed by atoms with Gasteiger partial charge in [-0.2, -0.15) is 0 Å². The fourth-order valence-electron chi connectivity index (χ4n) is 1.91. The van der Waals surface area contributed by atoms with Crippen LogP contribution in [0.4, 0.5) is 17.1 Å². The zero-order valence-corrected chi connectivity index (χ0v) is 14.1. The van der Waals surface area contributed by atoms with Crippen molar-refractivity contribution in [2.45, 2.75) is 9.79 Å². The lowest BCUT2D eigenvalue weighted by molar-refractivity contribution is -0.384. The number of hydrogen-bond donors (Lipinski definition) is 2. The molecule has 0 spiro atoms. The molecule has 0 aliphatic carbocycles. The standard InChI is InChI=1S/C14H15N3O4S2/c1-15-23(20,21)12-6-7-13(14(9-12)17(18)19)16-10-4-3-5-11(8-10)22-2/h3-9,15-16H,1-2H3. The number of nitro groups is 1. The Morgan fingerprint density at radius 3 is 2.52 bits per heavy atom. The van der Waals surface area contributed by atoms with Gasteiger partial charge < -0.3 is 5.32 Å². The molecule has 9 heteroatoms. The molecule has 0 aliphatic rings. The quantitative estimate of drug-likeness (QED) is 0.470. The molecule has 122 valence electrons. The van der Waals surface area contributed by atoms with Crippen LogP contribution in [0.5, 0.6) is 0 Å².